The molecule has 1 aromatic rings. The normalized spacial score (nSPS) is 13.9. The fourth-order valence-electron chi connectivity index (χ4n) is 2.10. The molecule has 0 aliphatic heterocycles. The van der Waals surface area contributed by atoms with Crippen molar-refractivity contribution in [1.82, 2.24) is 0 Å². The van der Waals surface area contributed by atoms with Crippen LogP contribution in [-0.4, -0.2) is 24.1 Å². The summed E-state index contributed by atoms with van der Waals surface area (Å²) in [4.78, 5) is 23.8. The molecule has 0 fully saturated rings. The minimum atomic E-state index is -0.494. The van der Waals surface area contributed by atoms with Gasteiger partial charge in [0, 0.05) is 12.0 Å². The quantitative estimate of drug-likeness (QED) is 0.379. The first kappa shape index (κ1) is 19.9. The van der Waals surface area contributed by atoms with Crippen molar-refractivity contribution in [2.75, 3.05) is 0 Å². The molecule has 0 saturated heterocycles. The van der Waals surface area contributed by atoms with Crippen LogP contribution in [0.15, 0.2) is 35.9 Å². The highest BCUT2D eigenvalue weighted by Crippen LogP contribution is 2.12. The lowest BCUT2D eigenvalue weighted by Crippen LogP contribution is -2.30. The fourth-order valence-corrected chi connectivity index (χ4v) is 2.10. The molecule has 4 nitrogen and oxygen atoms in total. The van der Waals surface area contributed by atoms with E-state index >= 15 is 0 Å². The third kappa shape index (κ3) is 7.44. The molecule has 0 aliphatic carbocycles. The van der Waals surface area contributed by atoms with Crippen molar-refractivity contribution >= 4 is 18.0 Å². The number of hydrogen-bond acceptors (Lipinski definition) is 4. The van der Waals surface area contributed by atoms with E-state index in [-0.39, 0.29) is 5.97 Å². The average molecular weight is 332 g/mol. The Labute approximate surface area is 144 Å². The van der Waals surface area contributed by atoms with E-state index in [0.717, 1.165) is 24.8 Å². The Hall–Kier alpha value is -2.10. The highest BCUT2D eigenvalue weighted by Gasteiger charge is 2.21. The van der Waals surface area contributed by atoms with E-state index in [1.807, 2.05) is 30.3 Å². The SMILES string of the molecule is CCCCCC(=O)OC(C)C(C)OC(=O)/C(C)=C/c1ccccc1. The molecule has 0 spiro atoms. The van der Waals surface area contributed by atoms with Crippen molar-refractivity contribution < 1.29 is 19.1 Å². The summed E-state index contributed by atoms with van der Waals surface area (Å²) in [5, 5.41) is 0. The van der Waals surface area contributed by atoms with Gasteiger partial charge in [-0.2, -0.15) is 0 Å². The van der Waals surface area contributed by atoms with Gasteiger partial charge >= 0.3 is 11.9 Å². The molecule has 0 aromatic heterocycles. The molecule has 132 valence electrons. The summed E-state index contributed by atoms with van der Waals surface area (Å²) >= 11 is 0. The minimum Gasteiger partial charge on any atom is -0.459 e. The van der Waals surface area contributed by atoms with Gasteiger partial charge in [-0.3, -0.25) is 4.79 Å². The van der Waals surface area contributed by atoms with Gasteiger partial charge < -0.3 is 9.47 Å². The lowest BCUT2D eigenvalue weighted by molar-refractivity contribution is -0.163. The Morgan fingerprint density at radius 3 is 2.29 bits per heavy atom. The van der Waals surface area contributed by atoms with E-state index in [1.165, 1.54) is 0 Å². The molecule has 2 unspecified atom stereocenters. The third-order valence-electron chi connectivity index (χ3n) is 3.76. The highest BCUT2D eigenvalue weighted by molar-refractivity contribution is 5.93. The van der Waals surface area contributed by atoms with E-state index in [2.05, 4.69) is 6.92 Å². The Morgan fingerprint density at radius 1 is 1.04 bits per heavy atom. The second-order valence-corrected chi connectivity index (χ2v) is 6.00. The van der Waals surface area contributed by atoms with Gasteiger partial charge in [-0.05, 0) is 38.8 Å². The van der Waals surface area contributed by atoms with Crippen LogP contribution >= 0.6 is 0 Å². The standard InChI is InChI=1S/C20H28O4/c1-5-6-8-13-19(21)23-16(3)17(4)24-20(22)15(2)14-18-11-9-7-10-12-18/h7,9-12,14,16-17H,5-6,8,13H2,1-4H3/b15-14+. The van der Waals surface area contributed by atoms with Gasteiger partial charge in [-0.1, -0.05) is 50.1 Å². The largest absolute Gasteiger partial charge is 0.459 e. The Kier molecular flexibility index (Phi) is 8.84. The Morgan fingerprint density at radius 2 is 1.67 bits per heavy atom. The third-order valence-corrected chi connectivity index (χ3v) is 3.76. The summed E-state index contributed by atoms with van der Waals surface area (Å²) in [6.45, 7) is 7.27. The summed E-state index contributed by atoms with van der Waals surface area (Å²) < 4.78 is 10.7. The molecular formula is C20H28O4. The lowest BCUT2D eigenvalue weighted by Gasteiger charge is -2.21. The molecule has 0 amide bonds. The van der Waals surface area contributed by atoms with Crippen LogP contribution in [0, 0.1) is 0 Å². The molecule has 2 atom stereocenters. The number of unbranched alkanes of at least 4 members (excludes halogenated alkanes) is 2. The van der Waals surface area contributed by atoms with E-state index in [9.17, 15) is 9.59 Å². The van der Waals surface area contributed by atoms with E-state index in [4.69, 9.17) is 9.47 Å². The number of rotatable bonds is 9. The lowest BCUT2D eigenvalue weighted by atomic mass is 10.1. The van der Waals surface area contributed by atoms with Crippen molar-refractivity contribution in [3.63, 3.8) is 0 Å². The maximum absolute atomic E-state index is 12.1. The predicted octanol–water partition coefficient (Wildman–Crippen LogP) is 4.53. The molecule has 0 N–H and O–H groups in total. The molecule has 4 heteroatoms. The fraction of sp³-hybridized carbons (Fsp3) is 0.500. The monoisotopic (exact) mass is 332 g/mol. The van der Waals surface area contributed by atoms with Gasteiger partial charge in [0.2, 0.25) is 0 Å². The Bertz CT molecular complexity index is 548. The molecule has 0 saturated carbocycles. The van der Waals surface area contributed by atoms with Gasteiger partial charge in [0.25, 0.3) is 0 Å². The van der Waals surface area contributed by atoms with Gasteiger partial charge in [-0.25, -0.2) is 4.79 Å². The molecule has 24 heavy (non-hydrogen) atoms. The molecule has 1 rings (SSSR count). The van der Waals surface area contributed by atoms with Crippen LogP contribution in [0.25, 0.3) is 6.08 Å². The van der Waals surface area contributed by atoms with Crippen LogP contribution < -0.4 is 0 Å². The molecule has 0 heterocycles. The maximum atomic E-state index is 12.1. The summed E-state index contributed by atoms with van der Waals surface area (Å²) in [7, 11) is 0. The van der Waals surface area contributed by atoms with E-state index in [0.29, 0.717) is 12.0 Å². The second-order valence-electron chi connectivity index (χ2n) is 6.00. The molecular weight excluding hydrogens is 304 g/mol. The van der Waals surface area contributed by atoms with Crippen molar-refractivity contribution in [3.05, 3.63) is 41.5 Å². The maximum Gasteiger partial charge on any atom is 0.334 e. The van der Waals surface area contributed by atoms with Crippen LogP contribution in [0.5, 0.6) is 0 Å². The predicted molar refractivity (Wildman–Crippen MR) is 95.3 cm³/mol. The first-order valence-electron chi connectivity index (χ1n) is 8.57. The van der Waals surface area contributed by atoms with Gasteiger partial charge in [0.1, 0.15) is 12.2 Å². The number of carbonyl (C=O) groups excluding carboxylic acids is 2. The molecule has 0 bridgehead atoms. The number of ether oxygens (including phenoxy) is 2. The zero-order valence-corrected chi connectivity index (χ0v) is 15.1. The first-order valence-corrected chi connectivity index (χ1v) is 8.57. The number of hydrogen-bond donors (Lipinski definition) is 0. The number of benzene rings is 1. The van der Waals surface area contributed by atoms with Gasteiger partial charge in [-0.15, -0.1) is 0 Å². The van der Waals surface area contributed by atoms with E-state index in [1.54, 1.807) is 26.8 Å². The van der Waals surface area contributed by atoms with Gasteiger partial charge in [0.05, 0.1) is 0 Å². The van der Waals surface area contributed by atoms with E-state index < -0.39 is 18.2 Å². The van der Waals surface area contributed by atoms with Crippen LogP contribution in [0.4, 0.5) is 0 Å². The summed E-state index contributed by atoms with van der Waals surface area (Å²) in [5.74, 6) is -0.643. The van der Waals surface area contributed by atoms with Gasteiger partial charge in [0.15, 0.2) is 0 Å². The molecule has 1 aromatic carbocycles. The van der Waals surface area contributed by atoms with Crippen LogP contribution in [0.1, 0.15) is 58.9 Å². The smallest absolute Gasteiger partial charge is 0.334 e. The Balaban J connectivity index is 2.47. The van der Waals surface area contributed by atoms with Crippen molar-refractivity contribution in [3.8, 4) is 0 Å². The topological polar surface area (TPSA) is 52.6 Å². The van der Waals surface area contributed by atoms with Crippen molar-refractivity contribution in [2.24, 2.45) is 0 Å². The number of esters is 2. The van der Waals surface area contributed by atoms with Crippen LogP contribution in [0.2, 0.25) is 0 Å². The van der Waals surface area contributed by atoms with Crippen molar-refractivity contribution in [1.29, 1.82) is 0 Å². The van der Waals surface area contributed by atoms with Crippen LogP contribution in [0.3, 0.4) is 0 Å². The number of carbonyl (C=O) groups is 2. The summed E-state index contributed by atoms with van der Waals surface area (Å²) in [6, 6.07) is 9.58. The zero-order chi connectivity index (χ0) is 17.9. The highest BCUT2D eigenvalue weighted by atomic mass is 16.6. The van der Waals surface area contributed by atoms with Crippen LogP contribution in [-0.2, 0) is 19.1 Å². The van der Waals surface area contributed by atoms with Crippen molar-refractivity contribution in [2.45, 2.75) is 65.6 Å². The minimum absolute atomic E-state index is 0.240. The second kappa shape index (κ2) is 10.6. The summed E-state index contributed by atoms with van der Waals surface area (Å²) in [6.07, 6.45) is 4.12. The average Bonchev–Trinajstić information content (AvgIpc) is 2.55. The molecule has 0 radical (unpaired) electrons. The zero-order valence-electron chi connectivity index (χ0n) is 15.1. The first-order chi connectivity index (χ1) is 11.4. The molecule has 0 aliphatic rings. The summed E-state index contributed by atoms with van der Waals surface area (Å²) in [5.41, 5.74) is 1.45.